The van der Waals surface area contributed by atoms with Crippen LogP contribution < -0.4 is 15.9 Å². The van der Waals surface area contributed by atoms with Crippen molar-refractivity contribution in [3.05, 3.63) is 29.3 Å². The Labute approximate surface area is 139 Å². The van der Waals surface area contributed by atoms with Crippen LogP contribution in [0, 0.1) is 5.92 Å². The van der Waals surface area contributed by atoms with Crippen LogP contribution >= 0.6 is 20.8 Å². The first-order chi connectivity index (χ1) is 10.6. The summed E-state index contributed by atoms with van der Waals surface area (Å²) in [6, 6.07) is 7.68. The molecule has 2 N–H and O–H groups in total. The zero-order chi connectivity index (χ0) is 16.2. The number of carbonyl (C=O) groups is 1. The van der Waals surface area contributed by atoms with E-state index < -0.39 is 0 Å². The van der Waals surface area contributed by atoms with Crippen molar-refractivity contribution in [2.75, 3.05) is 46.6 Å². The summed E-state index contributed by atoms with van der Waals surface area (Å²) in [5.74, 6) is 0.287. The Balaban J connectivity index is 0.000000255. The average Bonchev–Trinajstić information content (AvgIpc) is 2.78. The molecule has 1 saturated heterocycles. The highest BCUT2D eigenvalue weighted by atomic mass is 35.5. The van der Waals surface area contributed by atoms with Gasteiger partial charge in [-0.2, -0.15) is 0 Å². The normalized spacial score (nSPS) is 17.9. The molecule has 1 aliphatic heterocycles. The highest BCUT2D eigenvalue weighted by Gasteiger charge is 2.12. The molecule has 0 saturated carbocycles. The fourth-order valence-corrected chi connectivity index (χ4v) is 2.15. The second kappa shape index (κ2) is 11.8. The lowest BCUT2D eigenvalue weighted by molar-refractivity contribution is -0.124. The van der Waals surface area contributed by atoms with E-state index in [0.717, 1.165) is 30.0 Å². The van der Waals surface area contributed by atoms with Gasteiger partial charge in [-0.25, -0.2) is 0 Å². The van der Waals surface area contributed by atoms with Crippen molar-refractivity contribution >= 4 is 32.1 Å². The average molecular weight is 347 g/mol. The highest BCUT2D eigenvalue weighted by molar-refractivity contribution is 7.28. The number of amides is 1. The standard InChI is InChI=1S/C9H18N2O3.C6H6ClP/c1-13-7-9(12)11-5-8-4-10-2-3-14-6-8;7-5-3-1-2-4-6(5)8/h8,10H,2-7H2,1H3,(H,11,12);1-4H,8H2. The Hall–Kier alpha value is -0.710. The van der Waals surface area contributed by atoms with Gasteiger partial charge in [-0.05, 0) is 11.4 Å². The van der Waals surface area contributed by atoms with E-state index in [-0.39, 0.29) is 12.5 Å². The van der Waals surface area contributed by atoms with Crippen LogP contribution in [0.3, 0.4) is 0 Å². The van der Waals surface area contributed by atoms with Crippen molar-refractivity contribution in [1.82, 2.24) is 10.6 Å². The molecule has 124 valence electrons. The molecule has 2 rings (SSSR count). The molecule has 0 bridgehead atoms. The number of benzene rings is 1. The van der Waals surface area contributed by atoms with Gasteiger partial charge in [0.2, 0.25) is 5.91 Å². The van der Waals surface area contributed by atoms with Gasteiger partial charge in [0.05, 0.1) is 13.2 Å². The fraction of sp³-hybridized carbons (Fsp3) is 0.533. The molecule has 1 fully saturated rings. The van der Waals surface area contributed by atoms with Gasteiger partial charge in [0.25, 0.3) is 0 Å². The first kappa shape index (κ1) is 19.3. The summed E-state index contributed by atoms with van der Waals surface area (Å²) in [4.78, 5) is 11.1. The van der Waals surface area contributed by atoms with Crippen molar-refractivity contribution in [3.8, 4) is 0 Å². The lowest BCUT2D eigenvalue weighted by atomic mass is 10.1. The number of rotatable bonds is 4. The van der Waals surface area contributed by atoms with E-state index in [2.05, 4.69) is 19.9 Å². The third-order valence-electron chi connectivity index (χ3n) is 2.98. The topological polar surface area (TPSA) is 59.6 Å². The minimum Gasteiger partial charge on any atom is -0.380 e. The van der Waals surface area contributed by atoms with Gasteiger partial charge in [0, 0.05) is 37.7 Å². The summed E-state index contributed by atoms with van der Waals surface area (Å²) >= 11 is 5.69. The van der Waals surface area contributed by atoms with Crippen LogP contribution in [0.15, 0.2) is 24.3 Å². The first-order valence-corrected chi connectivity index (χ1v) is 8.13. The summed E-state index contributed by atoms with van der Waals surface area (Å²) in [5.41, 5.74) is 0. The number of ether oxygens (including phenoxy) is 2. The molecule has 2 atom stereocenters. The zero-order valence-corrected chi connectivity index (χ0v) is 14.7. The van der Waals surface area contributed by atoms with Crippen LogP contribution in [0.1, 0.15) is 0 Å². The quantitative estimate of drug-likeness (QED) is 0.793. The Morgan fingerprint density at radius 2 is 2.32 bits per heavy atom. The third-order valence-corrected chi connectivity index (χ3v) is 4.01. The number of nitrogens with one attached hydrogen (secondary N) is 2. The van der Waals surface area contributed by atoms with E-state index in [9.17, 15) is 4.79 Å². The van der Waals surface area contributed by atoms with Crippen molar-refractivity contribution in [1.29, 1.82) is 0 Å². The van der Waals surface area contributed by atoms with Crippen LogP contribution in [0.4, 0.5) is 0 Å². The molecular formula is C15H24ClN2O3P. The number of carbonyl (C=O) groups excluding carboxylic acids is 1. The van der Waals surface area contributed by atoms with Gasteiger partial charge in [-0.15, -0.1) is 9.24 Å². The van der Waals surface area contributed by atoms with Crippen LogP contribution in [0.2, 0.25) is 5.02 Å². The Bertz CT molecular complexity index is 420. The number of halogens is 1. The van der Waals surface area contributed by atoms with E-state index in [1.807, 2.05) is 24.3 Å². The molecule has 2 unspecified atom stereocenters. The molecule has 0 aliphatic carbocycles. The maximum atomic E-state index is 11.1. The van der Waals surface area contributed by atoms with Crippen LogP contribution in [0.25, 0.3) is 0 Å². The lowest BCUT2D eigenvalue weighted by Crippen LogP contribution is -2.36. The molecule has 1 aromatic rings. The van der Waals surface area contributed by atoms with Gasteiger partial charge < -0.3 is 20.1 Å². The van der Waals surface area contributed by atoms with Gasteiger partial charge in [-0.3, -0.25) is 4.79 Å². The van der Waals surface area contributed by atoms with E-state index in [4.69, 9.17) is 21.1 Å². The van der Waals surface area contributed by atoms with Gasteiger partial charge in [0.15, 0.2) is 0 Å². The molecule has 1 amide bonds. The third kappa shape index (κ3) is 8.66. The summed E-state index contributed by atoms with van der Waals surface area (Å²) in [5, 5.41) is 7.90. The van der Waals surface area contributed by atoms with E-state index >= 15 is 0 Å². The van der Waals surface area contributed by atoms with Crippen molar-refractivity contribution in [2.45, 2.75) is 0 Å². The first-order valence-electron chi connectivity index (χ1n) is 7.17. The molecular weight excluding hydrogens is 323 g/mol. The molecule has 7 heteroatoms. The van der Waals surface area contributed by atoms with Crippen molar-refractivity contribution < 1.29 is 14.3 Å². The SMILES string of the molecule is COCC(=O)NCC1CNCCOC1.Pc1ccccc1Cl. The second-order valence-electron chi connectivity index (χ2n) is 4.90. The number of hydrogen-bond donors (Lipinski definition) is 2. The van der Waals surface area contributed by atoms with E-state index in [0.29, 0.717) is 19.1 Å². The molecule has 0 radical (unpaired) electrons. The predicted molar refractivity (Wildman–Crippen MR) is 92.9 cm³/mol. The minimum atomic E-state index is -0.0725. The van der Waals surface area contributed by atoms with Gasteiger partial charge in [-0.1, -0.05) is 29.8 Å². The summed E-state index contributed by atoms with van der Waals surface area (Å²) in [7, 11) is 4.06. The predicted octanol–water partition coefficient (Wildman–Crippen LogP) is 0.825. The Morgan fingerprint density at radius 3 is 2.95 bits per heavy atom. The van der Waals surface area contributed by atoms with Crippen LogP contribution in [-0.4, -0.2) is 52.5 Å². The highest BCUT2D eigenvalue weighted by Crippen LogP contribution is 2.05. The molecule has 1 aliphatic rings. The van der Waals surface area contributed by atoms with E-state index in [1.54, 1.807) is 0 Å². The van der Waals surface area contributed by atoms with Gasteiger partial charge >= 0.3 is 0 Å². The molecule has 0 aromatic heterocycles. The number of hydrogen-bond acceptors (Lipinski definition) is 4. The second-order valence-corrected chi connectivity index (χ2v) is 5.93. The van der Waals surface area contributed by atoms with Crippen molar-refractivity contribution in [3.63, 3.8) is 0 Å². The lowest BCUT2D eigenvalue weighted by Gasteiger charge is -2.14. The van der Waals surface area contributed by atoms with Gasteiger partial charge in [0.1, 0.15) is 6.61 Å². The maximum Gasteiger partial charge on any atom is 0.245 e. The number of methoxy groups -OCH3 is 1. The monoisotopic (exact) mass is 346 g/mol. The van der Waals surface area contributed by atoms with Crippen LogP contribution in [-0.2, 0) is 14.3 Å². The largest absolute Gasteiger partial charge is 0.380 e. The minimum absolute atomic E-state index is 0.0725. The summed E-state index contributed by atoms with van der Waals surface area (Å²) < 4.78 is 10.1. The molecule has 0 spiro atoms. The molecule has 1 heterocycles. The molecule has 5 nitrogen and oxygen atoms in total. The Morgan fingerprint density at radius 1 is 1.55 bits per heavy atom. The summed E-state index contributed by atoms with van der Waals surface area (Å²) in [6.07, 6.45) is 0. The summed E-state index contributed by atoms with van der Waals surface area (Å²) in [6.45, 7) is 4.02. The smallest absolute Gasteiger partial charge is 0.245 e. The molecule has 22 heavy (non-hydrogen) atoms. The zero-order valence-electron chi connectivity index (χ0n) is 12.8. The van der Waals surface area contributed by atoms with E-state index in [1.165, 1.54) is 7.11 Å². The molecule has 1 aromatic carbocycles. The van der Waals surface area contributed by atoms with Crippen molar-refractivity contribution in [2.24, 2.45) is 5.92 Å². The fourth-order valence-electron chi connectivity index (χ4n) is 1.81. The Kier molecular flexibility index (Phi) is 10.4. The maximum absolute atomic E-state index is 11.1. The van der Waals surface area contributed by atoms with Crippen LogP contribution in [0.5, 0.6) is 0 Å².